The number of carboxylic acids is 1. The third-order valence-electron chi connectivity index (χ3n) is 8.10. The Hall–Kier alpha value is -2.94. The third kappa shape index (κ3) is 33.0. The van der Waals surface area contributed by atoms with Gasteiger partial charge < -0.3 is 40.5 Å². The molecule has 316 valence electrons. The molecule has 0 bridgehead atoms. The minimum Gasteiger partial charge on any atom is -0.480 e. The van der Waals surface area contributed by atoms with Gasteiger partial charge in [0.05, 0.1) is 31.5 Å². The Morgan fingerprint density at radius 3 is 1.93 bits per heavy atom. The first-order chi connectivity index (χ1) is 26.3. The lowest BCUT2D eigenvalue weighted by atomic mass is 10.1. The summed E-state index contributed by atoms with van der Waals surface area (Å²) < 4.78 is 32.3. The molecule has 0 aromatic heterocycles. The van der Waals surface area contributed by atoms with E-state index in [0.717, 1.165) is 64.2 Å². The summed E-state index contributed by atoms with van der Waals surface area (Å²) >= 11 is 0. The molecule has 7 N–H and O–H groups in total. The number of carbonyl (C=O) groups excluding carboxylic acids is 2. The van der Waals surface area contributed by atoms with Gasteiger partial charge in [0, 0.05) is 12.8 Å². The van der Waals surface area contributed by atoms with E-state index in [9.17, 15) is 39.2 Å². The van der Waals surface area contributed by atoms with Crippen LogP contribution < -0.4 is 5.73 Å². The summed E-state index contributed by atoms with van der Waals surface area (Å²) in [5, 5.41) is 39.2. The monoisotopic (exact) mass is 801 g/mol. The molecule has 0 radical (unpaired) electrons. The first kappa shape index (κ1) is 52.1. The number of hydrogen-bond donors (Lipinski definition) is 6. The van der Waals surface area contributed by atoms with Crippen molar-refractivity contribution in [1.29, 1.82) is 0 Å². The van der Waals surface area contributed by atoms with E-state index in [0.29, 0.717) is 6.42 Å². The molecule has 0 amide bonds. The van der Waals surface area contributed by atoms with Crippen LogP contribution in [0.4, 0.5) is 0 Å². The number of phosphoric ester groups is 1. The van der Waals surface area contributed by atoms with Crippen LogP contribution in [-0.2, 0) is 37.5 Å². The molecule has 0 saturated heterocycles. The summed E-state index contributed by atoms with van der Waals surface area (Å²) in [5.41, 5.74) is 5.29. The molecule has 0 spiro atoms. The zero-order valence-electron chi connectivity index (χ0n) is 32.8. The number of allylic oxidation sites excluding steroid dienone is 8. The van der Waals surface area contributed by atoms with Crippen molar-refractivity contribution in [2.45, 2.75) is 153 Å². The topological polar surface area (TPSA) is 232 Å². The first-order valence-electron chi connectivity index (χ1n) is 19.6. The van der Waals surface area contributed by atoms with Crippen molar-refractivity contribution < 1.29 is 62.8 Å². The van der Waals surface area contributed by atoms with Crippen LogP contribution in [0.1, 0.15) is 123 Å². The fourth-order valence-corrected chi connectivity index (χ4v) is 5.56. The fraction of sp³-hybridized carbons (Fsp3) is 0.675. The second-order valence-corrected chi connectivity index (χ2v) is 14.7. The molecule has 0 saturated carbocycles. The molecule has 55 heavy (non-hydrogen) atoms. The quantitative estimate of drug-likeness (QED) is 0.0132. The van der Waals surface area contributed by atoms with E-state index in [1.165, 1.54) is 18.9 Å². The predicted octanol–water partition coefficient (Wildman–Crippen LogP) is 6.52. The highest BCUT2D eigenvalue weighted by molar-refractivity contribution is 7.47. The van der Waals surface area contributed by atoms with E-state index in [-0.39, 0.29) is 25.7 Å². The van der Waals surface area contributed by atoms with E-state index in [1.54, 1.807) is 42.5 Å². The number of carbonyl (C=O) groups is 3. The lowest BCUT2D eigenvalue weighted by Gasteiger charge is -2.20. The highest BCUT2D eigenvalue weighted by Gasteiger charge is 2.28. The van der Waals surface area contributed by atoms with Gasteiger partial charge in [-0.3, -0.25) is 23.4 Å². The third-order valence-corrected chi connectivity index (χ3v) is 9.06. The van der Waals surface area contributed by atoms with Gasteiger partial charge >= 0.3 is 25.7 Å². The van der Waals surface area contributed by atoms with Gasteiger partial charge in [0.15, 0.2) is 6.10 Å². The fourth-order valence-electron chi connectivity index (χ4n) is 4.78. The molecule has 15 heteroatoms. The number of phosphoric acid groups is 1. The van der Waals surface area contributed by atoms with Crippen molar-refractivity contribution in [2.75, 3.05) is 19.8 Å². The molecule has 0 aliphatic carbocycles. The van der Waals surface area contributed by atoms with E-state index in [1.807, 2.05) is 0 Å². The number of aliphatic hydroxyl groups excluding tert-OH is 3. The summed E-state index contributed by atoms with van der Waals surface area (Å²) in [5.74, 6) is -2.77. The molecule has 1 unspecified atom stereocenters. The van der Waals surface area contributed by atoms with Gasteiger partial charge in [0.25, 0.3) is 0 Å². The molecule has 0 heterocycles. The SMILES string of the molecule is CCCC/C=C\CCCCCCCC(=O)O[C@H](COC(=O)CCC[C@@H](O)[C@H](O)/C=C/C=C/C=C\C=C\[C@H](O)CCCCC)COP(=O)(O)OC[C@H](N)C(=O)O. The Morgan fingerprint density at radius 1 is 0.673 bits per heavy atom. The largest absolute Gasteiger partial charge is 0.480 e. The molecule has 0 aliphatic heterocycles. The number of hydrogen-bond acceptors (Lipinski definition) is 12. The minimum absolute atomic E-state index is 0.0743. The van der Waals surface area contributed by atoms with Gasteiger partial charge in [-0.05, 0) is 44.9 Å². The standard InChI is InChI=1S/C40H68NO13P/c1-3-5-7-8-9-10-11-12-13-18-22-28-39(46)54-34(31-52-55(49,50)53-32-35(41)40(47)48)30-51-38(45)29-23-27-37(44)36(43)26-21-17-15-14-16-20-25-33(42)24-19-6-4-2/h8-9,14-17,20-21,25-26,33-37,42-44H,3-7,10-13,18-19,22-24,27-32,41H2,1-2H3,(H,47,48)(H,49,50)/b9-8-,16-14-,17-15+,25-20+,26-21+/t33-,34-,35+,36-,37-/m1/s1. The van der Waals surface area contributed by atoms with Crippen molar-refractivity contribution >= 4 is 25.7 Å². The van der Waals surface area contributed by atoms with Crippen molar-refractivity contribution in [1.82, 2.24) is 0 Å². The van der Waals surface area contributed by atoms with Gasteiger partial charge in [-0.1, -0.05) is 126 Å². The van der Waals surface area contributed by atoms with Crippen LogP contribution >= 0.6 is 7.82 Å². The maximum atomic E-state index is 12.5. The summed E-state index contributed by atoms with van der Waals surface area (Å²) in [4.78, 5) is 45.8. The first-order valence-corrected chi connectivity index (χ1v) is 21.1. The summed E-state index contributed by atoms with van der Waals surface area (Å²) in [7, 11) is -4.80. The molecule has 0 aromatic rings. The molecule has 0 fully saturated rings. The lowest BCUT2D eigenvalue weighted by molar-refractivity contribution is -0.161. The van der Waals surface area contributed by atoms with E-state index in [2.05, 4.69) is 30.5 Å². The molecular weight excluding hydrogens is 733 g/mol. The van der Waals surface area contributed by atoms with Crippen LogP contribution in [0, 0.1) is 0 Å². The number of aliphatic hydroxyl groups is 3. The zero-order chi connectivity index (χ0) is 41.2. The van der Waals surface area contributed by atoms with E-state index in [4.69, 9.17) is 24.8 Å². The summed E-state index contributed by atoms with van der Waals surface area (Å²) in [6.45, 7) is 2.26. The van der Waals surface area contributed by atoms with Gasteiger partial charge in [-0.15, -0.1) is 0 Å². The molecule has 0 aromatic carbocycles. The van der Waals surface area contributed by atoms with E-state index < -0.39 is 76.0 Å². The van der Waals surface area contributed by atoms with Crippen molar-refractivity contribution in [3.05, 3.63) is 60.8 Å². The van der Waals surface area contributed by atoms with Crippen LogP contribution in [0.15, 0.2) is 60.8 Å². The lowest BCUT2D eigenvalue weighted by Crippen LogP contribution is -2.34. The highest BCUT2D eigenvalue weighted by atomic mass is 31.2. The molecule has 6 atom stereocenters. The van der Waals surface area contributed by atoms with Gasteiger partial charge in [-0.2, -0.15) is 0 Å². The Bertz CT molecular complexity index is 1220. The Balaban J connectivity index is 4.77. The average Bonchev–Trinajstić information content (AvgIpc) is 3.14. The second-order valence-electron chi connectivity index (χ2n) is 13.3. The minimum atomic E-state index is -4.80. The maximum absolute atomic E-state index is 12.5. The zero-order valence-corrected chi connectivity index (χ0v) is 33.7. The molecule has 0 rings (SSSR count). The number of esters is 2. The number of ether oxygens (including phenoxy) is 2. The average molecular weight is 802 g/mol. The number of unbranched alkanes of at least 4 members (excludes halogenated alkanes) is 9. The number of rotatable bonds is 35. The predicted molar refractivity (Wildman–Crippen MR) is 212 cm³/mol. The van der Waals surface area contributed by atoms with Gasteiger partial charge in [0.1, 0.15) is 12.6 Å². The maximum Gasteiger partial charge on any atom is 0.472 e. The molecule has 0 aliphatic rings. The van der Waals surface area contributed by atoms with Crippen LogP contribution in [0.2, 0.25) is 0 Å². The highest BCUT2D eigenvalue weighted by Crippen LogP contribution is 2.43. The Kier molecular flexibility index (Phi) is 32.5. The summed E-state index contributed by atoms with van der Waals surface area (Å²) in [6.07, 6.45) is 26.8. The smallest absolute Gasteiger partial charge is 0.472 e. The van der Waals surface area contributed by atoms with Crippen LogP contribution in [0.5, 0.6) is 0 Å². The van der Waals surface area contributed by atoms with Crippen molar-refractivity contribution in [3.63, 3.8) is 0 Å². The Labute approximate surface area is 327 Å². The van der Waals surface area contributed by atoms with Gasteiger partial charge in [-0.25, -0.2) is 4.57 Å². The normalized spacial score (nSPS) is 16.2. The van der Waals surface area contributed by atoms with Gasteiger partial charge in [0.2, 0.25) is 0 Å². The van der Waals surface area contributed by atoms with Crippen LogP contribution in [0.3, 0.4) is 0 Å². The van der Waals surface area contributed by atoms with Crippen LogP contribution in [-0.4, -0.2) is 93.5 Å². The summed E-state index contributed by atoms with van der Waals surface area (Å²) in [6, 6.07) is -1.57. The van der Waals surface area contributed by atoms with E-state index >= 15 is 0 Å². The van der Waals surface area contributed by atoms with Crippen LogP contribution in [0.25, 0.3) is 0 Å². The molecule has 14 nitrogen and oxygen atoms in total. The number of carboxylic acid groups (broad SMARTS) is 1. The Morgan fingerprint density at radius 2 is 1.25 bits per heavy atom. The van der Waals surface area contributed by atoms with Crippen molar-refractivity contribution in [3.8, 4) is 0 Å². The number of aliphatic carboxylic acids is 1. The molecular formula is C40H68NO13P. The van der Waals surface area contributed by atoms with Crippen molar-refractivity contribution in [2.24, 2.45) is 5.73 Å². The number of nitrogens with two attached hydrogens (primary N) is 1. The second kappa shape index (κ2) is 34.3.